The summed E-state index contributed by atoms with van der Waals surface area (Å²) >= 11 is 0. The highest BCUT2D eigenvalue weighted by molar-refractivity contribution is 5.36. The van der Waals surface area contributed by atoms with Gasteiger partial charge >= 0.3 is 0 Å². The van der Waals surface area contributed by atoms with E-state index >= 15 is 0 Å². The predicted octanol–water partition coefficient (Wildman–Crippen LogP) is 1.92. The zero-order chi connectivity index (χ0) is 9.78. The number of carbonyl (C=O) groups excluding carboxylic acids is 1. The fourth-order valence-corrected chi connectivity index (χ4v) is 0.818. The topological polar surface area (TPSA) is 35.5 Å². The first kappa shape index (κ1) is 12.2. The van der Waals surface area contributed by atoms with Crippen molar-refractivity contribution < 1.29 is 14.3 Å². The summed E-state index contributed by atoms with van der Waals surface area (Å²) < 4.78 is 9.79. The van der Waals surface area contributed by atoms with Gasteiger partial charge in [0.1, 0.15) is 0 Å². The molecule has 0 heterocycles. The summed E-state index contributed by atoms with van der Waals surface area (Å²) in [5.74, 6) is 0. The van der Waals surface area contributed by atoms with E-state index in [1.807, 2.05) is 12.2 Å². The van der Waals surface area contributed by atoms with E-state index in [2.05, 4.69) is 11.7 Å². The number of rotatable bonds is 9. The molecule has 0 aliphatic heterocycles. The summed E-state index contributed by atoms with van der Waals surface area (Å²) in [5.41, 5.74) is 0. The summed E-state index contributed by atoms with van der Waals surface area (Å²) in [7, 11) is 0. The molecule has 0 atom stereocenters. The zero-order valence-corrected chi connectivity index (χ0v) is 8.20. The molecule has 0 radical (unpaired) electrons. The average Bonchev–Trinajstić information content (AvgIpc) is 2.16. The SMILES string of the molecule is CCCOCC/C=C\CCOC=O. The van der Waals surface area contributed by atoms with Crippen LogP contribution in [0.25, 0.3) is 0 Å². The van der Waals surface area contributed by atoms with E-state index in [0.29, 0.717) is 13.1 Å². The van der Waals surface area contributed by atoms with Crippen molar-refractivity contribution in [1.29, 1.82) is 0 Å². The molecule has 0 aliphatic carbocycles. The number of ether oxygens (including phenoxy) is 2. The minimum Gasteiger partial charge on any atom is -0.468 e. The van der Waals surface area contributed by atoms with Crippen molar-refractivity contribution in [2.45, 2.75) is 26.2 Å². The summed E-state index contributed by atoms with van der Waals surface area (Å²) in [6.45, 7) is 4.64. The third-order valence-corrected chi connectivity index (χ3v) is 1.41. The molecule has 0 aliphatic rings. The Morgan fingerprint density at radius 1 is 1.08 bits per heavy atom. The first-order chi connectivity index (χ1) is 6.41. The van der Waals surface area contributed by atoms with Crippen molar-refractivity contribution >= 4 is 6.47 Å². The highest BCUT2D eigenvalue weighted by Gasteiger charge is 1.83. The van der Waals surface area contributed by atoms with Crippen molar-refractivity contribution in [1.82, 2.24) is 0 Å². The molecule has 0 aromatic heterocycles. The Bertz CT molecular complexity index is 132. The van der Waals surface area contributed by atoms with E-state index in [-0.39, 0.29) is 0 Å². The molecule has 0 aromatic carbocycles. The van der Waals surface area contributed by atoms with Gasteiger partial charge in [-0.05, 0) is 19.3 Å². The second-order valence-electron chi connectivity index (χ2n) is 2.63. The fraction of sp³-hybridized carbons (Fsp3) is 0.700. The van der Waals surface area contributed by atoms with Gasteiger partial charge in [-0.15, -0.1) is 0 Å². The smallest absolute Gasteiger partial charge is 0.293 e. The van der Waals surface area contributed by atoms with Crippen LogP contribution in [0.1, 0.15) is 26.2 Å². The summed E-state index contributed by atoms with van der Waals surface area (Å²) in [4.78, 5) is 9.75. The van der Waals surface area contributed by atoms with E-state index in [4.69, 9.17) is 4.74 Å². The van der Waals surface area contributed by atoms with Gasteiger partial charge in [0.05, 0.1) is 13.2 Å². The average molecular weight is 186 g/mol. The van der Waals surface area contributed by atoms with Gasteiger partial charge in [-0.3, -0.25) is 4.79 Å². The Hall–Kier alpha value is -0.830. The van der Waals surface area contributed by atoms with E-state index < -0.39 is 0 Å². The molecular formula is C10H18O3. The quantitative estimate of drug-likeness (QED) is 0.313. The molecule has 76 valence electrons. The number of carbonyl (C=O) groups is 1. The molecule has 0 N–H and O–H groups in total. The summed E-state index contributed by atoms with van der Waals surface area (Å²) in [6, 6.07) is 0. The van der Waals surface area contributed by atoms with Gasteiger partial charge in [-0.1, -0.05) is 19.1 Å². The van der Waals surface area contributed by atoms with Crippen LogP contribution in [0.5, 0.6) is 0 Å². The fourth-order valence-electron chi connectivity index (χ4n) is 0.818. The molecule has 0 rings (SSSR count). The van der Waals surface area contributed by atoms with Crippen LogP contribution in [0.15, 0.2) is 12.2 Å². The zero-order valence-electron chi connectivity index (χ0n) is 8.20. The summed E-state index contributed by atoms with van der Waals surface area (Å²) in [6.07, 6.45) is 6.83. The van der Waals surface area contributed by atoms with Gasteiger partial charge in [0, 0.05) is 6.61 Å². The van der Waals surface area contributed by atoms with Crippen molar-refractivity contribution in [3.05, 3.63) is 12.2 Å². The van der Waals surface area contributed by atoms with Gasteiger partial charge in [-0.25, -0.2) is 0 Å². The lowest BCUT2D eigenvalue weighted by molar-refractivity contribution is -0.128. The first-order valence-electron chi connectivity index (χ1n) is 4.69. The van der Waals surface area contributed by atoms with Crippen LogP contribution in [0.4, 0.5) is 0 Å². The molecule has 0 spiro atoms. The number of hydrogen-bond donors (Lipinski definition) is 0. The maximum absolute atomic E-state index is 9.75. The third-order valence-electron chi connectivity index (χ3n) is 1.41. The highest BCUT2D eigenvalue weighted by atomic mass is 16.5. The lowest BCUT2D eigenvalue weighted by Gasteiger charge is -1.97. The Morgan fingerprint density at radius 3 is 2.38 bits per heavy atom. The monoisotopic (exact) mass is 186 g/mol. The summed E-state index contributed by atoms with van der Waals surface area (Å²) in [5, 5.41) is 0. The molecular weight excluding hydrogens is 168 g/mol. The molecule has 0 bridgehead atoms. The van der Waals surface area contributed by atoms with Crippen LogP contribution in [0.3, 0.4) is 0 Å². The van der Waals surface area contributed by atoms with Gasteiger partial charge in [0.25, 0.3) is 6.47 Å². The second-order valence-corrected chi connectivity index (χ2v) is 2.63. The molecule has 0 fully saturated rings. The van der Waals surface area contributed by atoms with Crippen LogP contribution in [0, 0.1) is 0 Å². The molecule has 3 heteroatoms. The van der Waals surface area contributed by atoms with Crippen molar-refractivity contribution in [3.63, 3.8) is 0 Å². The van der Waals surface area contributed by atoms with E-state index in [0.717, 1.165) is 32.5 Å². The molecule has 3 nitrogen and oxygen atoms in total. The normalized spacial score (nSPS) is 10.5. The molecule has 0 saturated carbocycles. The Balaban J connectivity index is 2.98. The Labute approximate surface area is 79.7 Å². The van der Waals surface area contributed by atoms with Gasteiger partial charge in [-0.2, -0.15) is 0 Å². The van der Waals surface area contributed by atoms with Crippen molar-refractivity contribution in [2.75, 3.05) is 19.8 Å². The Morgan fingerprint density at radius 2 is 1.77 bits per heavy atom. The highest BCUT2D eigenvalue weighted by Crippen LogP contribution is 1.90. The van der Waals surface area contributed by atoms with E-state index in [9.17, 15) is 4.79 Å². The largest absolute Gasteiger partial charge is 0.468 e. The van der Waals surface area contributed by atoms with E-state index in [1.54, 1.807) is 0 Å². The molecule has 0 saturated heterocycles. The van der Waals surface area contributed by atoms with Crippen LogP contribution in [-0.2, 0) is 14.3 Å². The van der Waals surface area contributed by atoms with Crippen molar-refractivity contribution in [3.8, 4) is 0 Å². The molecule has 0 unspecified atom stereocenters. The maximum atomic E-state index is 9.75. The molecule has 0 aromatic rings. The first-order valence-corrected chi connectivity index (χ1v) is 4.69. The van der Waals surface area contributed by atoms with Crippen LogP contribution < -0.4 is 0 Å². The van der Waals surface area contributed by atoms with Crippen LogP contribution in [-0.4, -0.2) is 26.3 Å². The van der Waals surface area contributed by atoms with Gasteiger partial charge < -0.3 is 9.47 Å². The molecule has 13 heavy (non-hydrogen) atoms. The maximum Gasteiger partial charge on any atom is 0.293 e. The minimum atomic E-state index is 0.468. The predicted molar refractivity (Wildman–Crippen MR) is 51.5 cm³/mol. The van der Waals surface area contributed by atoms with Crippen LogP contribution in [0.2, 0.25) is 0 Å². The van der Waals surface area contributed by atoms with Crippen LogP contribution >= 0.6 is 0 Å². The lowest BCUT2D eigenvalue weighted by Crippen LogP contribution is -1.93. The van der Waals surface area contributed by atoms with Gasteiger partial charge in [0.15, 0.2) is 0 Å². The Kier molecular flexibility index (Phi) is 10.5. The lowest BCUT2D eigenvalue weighted by atomic mass is 10.3. The minimum absolute atomic E-state index is 0.468. The standard InChI is InChI=1S/C10H18O3/c1-2-7-12-8-5-3-4-6-9-13-10-11/h3-4,10H,2,5-9H2,1H3/b4-3-. The third kappa shape index (κ3) is 11.2. The van der Waals surface area contributed by atoms with Gasteiger partial charge in [0.2, 0.25) is 0 Å². The van der Waals surface area contributed by atoms with E-state index in [1.165, 1.54) is 0 Å². The molecule has 0 amide bonds. The second kappa shape index (κ2) is 11.2. The number of hydrogen-bond acceptors (Lipinski definition) is 3. The van der Waals surface area contributed by atoms with Crippen molar-refractivity contribution in [2.24, 2.45) is 0 Å².